The van der Waals surface area contributed by atoms with Crippen LogP contribution in [0.1, 0.15) is 5.56 Å². The number of rotatable bonds is 2. The highest BCUT2D eigenvalue weighted by Gasteiger charge is 2.34. The van der Waals surface area contributed by atoms with Gasteiger partial charge < -0.3 is 4.74 Å². The highest BCUT2D eigenvalue weighted by molar-refractivity contribution is 6.76. The Bertz CT molecular complexity index is 437. The van der Waals surface area contributed by atoms with Gasteiger partial charge in [0, 0.05) is 0 Å². The molecule has 2 rings (SSSR count). The number of benzene rings is 1. The van der Waals surface area contributed by atoms with E-state index in [1.807, 2.05) is 42.5 Å². The van der Waals surface area contributed by atoms with E-state index in [1.165, 1.54) is 0 Å². The maximum Gasteiger partial charge on any atom is 0.266 e. The van der Waals surface area contributed by atoms with Crippen LogP contribution in [0.25, 0.3) is 6.08 Å². The van der Waals surface area contributed by atoms with Gasteiger partial charge in [0.25, 0.3) is 3.79 Å². The molecule has 0 radical (unpaired) electrons. The molecule has 0 saturated carbocycles. The van der Waals surface area contributed by atoms with E-state index < -0.39 is 3.79 Å². The number of alkyl halides is 3. The Morgan fingerprint density at radius 1 is 1.24 bits per heavy atom. The molecular weight excluding hydrogens is 280 g/mol. The van der Waals surface area contributed by atoms with Gasteiger partial charge in [-0.3, -0.25) is 0 Å². The van der Waals surface area contributed by atoms with Crippen molar-refractivity contribution in [2.24, 2.45) is 4.99 Å². The minimum Gasteiger partial charge on any atom is -0.475 e. The Morgan fingerprint density at radius 3 is 2.53 bits per heavy atom. The Kier molecular flexibility index (Phi) is 3.97. The first-order valence-corrected chi connectivity index (χ1v) is 6.20. The van der Waals surface area contributed by atoms with E-state index >= 15 is 0 Å². The second-order valence-corrected chi connectivity index (χ2v) is 5.86. The van der Waals surface area contributed by atoms with E-state index in [2.05, 4.69) is 4.99 Å². The van der Waals surface area contributed by atoms with Crippen molar-refractivity contribution in [1.29, 1.82) is 0 Å². The molecule has 17 heavy (non-hydrogen) atoms. The summed E-state index contributed by atoms with van der Waals surface area (Å²) >= 11 is 17.0. The maximum atomic E-state index is 5.67. The molecule has 1 unspecified atom stereocenters. The van der Waals surface area contributed by atoms with E-state index in [1.54, 1.807) is 0 Å². The molecule has 0 N–H and O–H groups in total. The second kappa shape index (κ2) is 5.30. The normalized spacial score (nSPS) is 20.4. The number of hydrogen-bond acceptors (Lipinski definition) is 2. The largest absolute Gasteiger partial charge is 0.475 e. The number of aliphatic imine (C=N–C) groups is 1. The first-order chi connectivity index (χ1) is 8.05. The average molecular weight is 291 g/mol. The molecule has 5 heteroatoms. The molecule has 2 nitrogen and oxygen atoms in total. The van der Waals surface area contributed by atoms with Gasteiger partial charge in [0.05, 0.1) is 0 Å². The predicted octanol–water partition coefficient (Wildman–Crippen LogP) is 3.87. The molecule has 1 aliphatic heterocycles. The van der Waals surface area contributed by atoms with Gasteiger partial charge in [-0.2, -0.15) is 0 Å². The van der Waals surface area contributed by atoms with Crippen molar-refractivity contribution in [3.8, 4) is 0 Å². The number of nitrogens with zero attached hydrogens (tertiary/aromatic N) is 1. The molecule has 0 amide bonds. The predicted molar refractivity (Wildman–Crippen MR) is 72.9 cm³/mol. The molecule has 0 aliphatic carbocycles. The molecule has 1 aliphatic rings. The van der Waals surface area contributed by atoms with Crippen LogP contribution in [0, 0.1) is 0 Å². The Morgan fingerprint density at radius 2 is 1.94 bits per heavy atom. The molecular formula is C12H10Cl3NO. The van der Waals surface area contributed by atoms with Gasteiger partial charge >= 0.3 is 0 Å². The van der Waals surface area contributed by atoms with Crippen LogP contribution < -0.4 is 0 Å². The molecule has 0 fully saturated rings. The lowest BCUT2D eigenvalue weighted by Gasteiger charge is -2.08. The molecule has 0 spiro atoms. The lowest BCUT2D eigenvalue weighted by molar-refractivity contribution is 0.326. The summed E-state index contributed by atoms with van der Waals surface area (Å²) < 4.78 is 3.65. The topological polar surface area (TPSA) is 21.6 Å². The van der Waals surface area contributed by atoms with Crippen molar-refractivity contribution in [1.82, 2.24) is 0 Å². The molecule has 1 aromatic carbocycles. The van der Waals surface area contributed by atoms with Gasteiger partial charge in [-0.15, -0.1) is 0 Å². The summed E-state index contributed by atoms with van der Waals surface area (Å²) in [6, 6.07) is 9.83. The van der Waals surface area contributed by atoms with E-state index in [4.69, 9.17) is 39.5 Å². The molecule has 0 saturated heterocycles. The second-order valence-electron chi connectivity index (χ2n) is 3.58. The van der Waals surface area contributed by atoms with Crippen LogP contribution in [0.3, 0.4) is 0 Å². The van der Waals surface area contributed by atoms with Gasteiger partial charge in [0.15, 0.2) is 0 Å². The summed E-state index contributed by atoms with van der Waals surface area (Å²) in [4.78, 5) is 4.19. The highest BCUT2D eigenvalue weighted by Crippen LogP contribution is 2.31. The summed E-state index contributed by atoms with van der Waals surface area (Å²) in [5, 5.41) is 0. The highest BCUT2D eigenvalue weighted by atomic mass is 35.6. The molecule has 90 valence electrons. The monoisotopic (exact) mass is 289 g/mol. The SMILES string of the molecule is ClC(Cl)(Cl)C1=NC(/C=C/c2ccccc2)CO1. The smallest absolute Gasteiger partial charge is 0.266 e. The molecule has 0 bridgehead atoms. The standard InChI is InChI=1S/C12H10Cl3NO/c13-12(14,15)11-16-10(8-17-11)7-6-9-4-2-1-3-5-9/h1-7,10H,8H2/b7-6+. The van der Waals surface area contributed by atoms with Crippen LogP contribution in [0.15, 0.2) is 41.4 Å². The lowest BCUT2D eigenvalue weighted by atomic mass is 10.2. The Hall–Kier alpha value is -0.700. The van der Waals surface area contributed by atoms with Crippen LogP contribution in [0.5, 0.6) is 0 Å². The van der Waals surface area contributed by atoms with Gasteiger partial charge in [-0.05, 0) is 5.56 Å². The van der Waals surface area contributed by atoms with Crippen molar-refractivity contribution in [3.05, 3.63) is 42.0 Å². The maximum absolute atomic E-state index is 5.67. The molecule has 1 atom stereocenters. The fraction of sp³-hybridized carbons (Fsp3) is 0.250. The summed E-state index contributed by atoms with van der Waals surface area (Å²) in [6.07, 6.45) is 3.90. The average Bonchev–Trinajstić information content (AvgIpc) is 2.76. The number of ether oxygens (including phenoxy) is 1. The van der Waals surface area contributed by atoms with Crippen LogP contribution in [-0.4, -0.2) is 22.3 Å². The number of hydrogen-bond donors (Lipinski definition) is 0. The third kappa shape index (κ3) is 3.63. The zero-order valence-corrected chi connectivity index (χ0v) is 11.1. The fourth-order valence-electron chi connectivity index (χ4n) is 1.43. The van der Waals surface area contributed by atoms with Crippen molar-refractivity contribution in [2.75, 3.05) is 6.61 Å². The van der Waals surface area contributed by atoms with Gasteiger partial charge in [-0.25, -0.2) is 4.99 Å². The minimum absolute atomic E-state index is 0.0965. The van der Waals surface area contributed by atoms with E-state index in [0.717, 1.165) is 5.56 Å². The minimum atomic E-state index is -1.57. The van der Waals surface area contributed by atoms with Crippen LogP contribution in [-0.2, 0) is 4.74 Å². The summed E-state index contributed by atoms with van der Waals surface area (Å²) in [5.41, 5.74) is 1.10. The quantitative estimate of drug-likeness (QED) is 0.758. The van der Waals surface area contributed by atoms with Crippen LogP contribution in [0.2, 0.25) is 0 Å². The first kappa shape index (κ1) is 12.7. The van der Waals surface area contributed by atoms with Gasteiger partial charge in [0.2, 0.25) is 5.90 Å². The molecule has 1 aromatic rings. The van der Waals surface area contributed by atoms with Gasteiger partial charge in [0.1, 0.15) is 12.6 Å². The van der Waals surface area contributed by atoms with Gasteiger partial charge in [-0.1, -0.05) is 77.3 Å². The third-order valence-electron chi connectivity index (χ3n) is 2.23. The van der Waals surface area contributed by atoms with Crippen molar-refractivity contribution < 1.29 is 4.74 Å². The van der Waals surface area contributed by atoms with E-state index in [9.17, 15) is 0 Å². The third-order valence-corrected chi connectivity index (χ3v) is 2.71. The van der Waals surface area contributed by atoms with Crippen molar-refractivity contribution in [3.63, 3.8) is 0 Å². The van der Waals surface area contributed by atoms with Crippen molar-refractivity contribution >= 4 is 46.8 Å². The van der Waals surface area contributed by atoms with Crippen molar-refractivity contribution in [2.45, 2.75) is 9.83 Å². The van der Waals surface area contributed by atoms with Crippen LogP contribution in [0.4, 0.5) is 0 Å². The zero-order chi connectivity index (χ0) is 12.3. The summed E-state index contributed by atoms with van der Waals surface area (Å²) in [5.74, 6) is 0.158. The number of halogens is 3. The lowest BCUT2D eigenvalue weighted by Crippen LogP contribution is -2.18. The summed E-state index contributed by atoms with van der Waals surface area (Å²) in [6.45, 7) is 0.409. The Labute approximate surface area is 115 Å². The zero-order valence-electron chi connectivity index (χ0n) is 8.82. The Balaban J connectivity index is 2.03. The van der Waals surface area contributed by atoms with E-state index in [-0.39, 0.29) is 11.9 Å². The molecule has 1 heterocycles. The summed E-state index contributed by atoms with van der Waals surface area (Å²) in [7, 11) is 0. The van der Waals surface area contributed by atoms with E-state index in [0.29, 0.717) is 6.61 Å². The fourth-order valence-corrected chi connectivity index (χ4v) is 1.74. The first-order valence-electron chi connectivity index (χ1n) is 5.07. The molecule has 0 aromatic heterocycles. The van der Waals surface area contributed by atoms with Crippen LogP contribution >= 0.6 is 34.8 Å².